The number of thioether (sulfide) groups is 1. The summed E-state index contributed by atoms with van der Waals surface area (Å²) in [5, 5.41) is 7.87. The molecule has 0 fully saturated rings. The first-order valence-corrected chi connectivity index (χ1v) is 7.25. The molecule has 1 aromatic rings. The van der Waals surface area contributed by atoms with Crippen LogP contribution in [-0.4, -0.2) is 18.3 Å². The van der Waals surface area contributed by atoms with Crippen LogP contribution < -0.4 is 5.32 Å². The van der Waals surface area contributed by atoms with Crippen molar-refractivity contribution < 1.29 is 0 Å². The zero-order valence-electron chi connectivity index (χ0n) is 8.95. The highest BCUT2D eigenvalue weighted by Gasteiger charge is 1.97. The first-order chi connectivity index (χ1) is 6.83. The summed E-state index contributed by atoms with van der Waals surface area (Å²) in [6.07, 6.45) is 1.22. The van der Waals surface area contributed by atoms with Crippen LogP contribution in [0.3, 0.4) is 0 Å². The molecule has 0 saturated heterocycles. The molecule has 0 amide bonds. The van der Waals surface area contributed by atoms with E-state index in [1.165, 1.54) is 17.7 Å². The maximum atomic E-state index is 3.49. The molecule has 0 aliphatic heterocycles. The molecule has 1 nitrogen and oxygen atoms in total. The number of hydrogen-bond donors (Lipinski definition) is 1. The Kier molecular flexibility index (Phi) is 6.32. The molecule has 1 N–H and O–H groups in total. The van der Waals surface area contributed by atoms with Crippen molar-refractivity contribution in [2.75, 3.05) is 12.3 Å². The van der Waals surface area contributed by atoms with Gasteiger partial charge in [-0.1, -0.05) is 6.92 Å². The molecule has 1 atom stereocenters. The molecule has 0 radical (unpaired) electrons. The standard InChI is InChI=1S/C11H19NS2/c1-3-10(2)12-5-7-14-9-11-4-6-13-8-11/h4,6,8,10,12H,3,5,7,9H2,1-2H3. The smallest absolute Gasteiger partial charge is 0.0193 e. The second-order valence-electron chi connectivity index (χ2n) is 3.45. The van der Waals surface area contributed by atoms with Gasteiger partial charge in [-0.15, -0.1) is 0 Å². The van der Waals surface area contributed by atoms with Gasteiger partial charge >= 0.3 is 0 Å². The van der Waals surface area contributed by atoms with Crippen molar-refractivity contribution in [1.29, 1.82) is 0 Å². The van der Waals surface area contributed by atoms with Gasteiger partial charge in [-0.3, -0.25) is 0 Å². The van der Waals surface area contributed by atoms with Gasteiger partial charge < -0.3 is 5.32 Å². The van der Waals surface area contributed by atoms with E-state index in [0.29, 0.717) is 6.04 Å². The van der Waals surface area contributed by atoms with E-state index < -0.39 is 0 Å². The van der Waals surface area contributed by atoms with E-state index in [1.807, 2.05) is 11.8 Å². The van der Waals surface area contributed by atoms with Gasteiger partial charge in [0.05, 0.1) is 0 Å². The van der Waals surface area contributed by atoms with Gasteiger partial charge in [0.2, 0.25) is 0 Å². The van der Waals surface area contributed by atoms with Crippen LogP contribution in [0.4, 0.5) is 0 Å². The second-order valence-corrected chi connectivity index (χ2v) is 5.33. The fourth-order valence-corrected chi connectivity index (χ4v) is 2.68. The summed E-state index contributed by atoms with van der Waals surface area (Å²) in [7, 11) is 0. The fourth-order valence-electron chi connectivity index (χ4n) is 1.09. The second kappa shape index (κ2) is 7.32. The lowest BCUT2D eigenvalue weighted by molar-refractivity contribution is 0.555. The molecule has 1 rings (SSSR count). The predicted molar refractivity (Wildman–Crippen MR) is 68.2 cm³/mol. The lowest BCUT2D eigenvalue weighted by Crippen LogP contribution is -2.27. The van der Waals surface area contributed by atoms with E-state index in [0.717, 1.165) is 12.3 Å². The molecule has 0 bridgehead atoms. The van der Waals surface area contributed by atoms with Crippen LogP contribution >= 0.6 is 23.1 Å². The highest BCUT2D eigenvalue weighted by Crippen LogP contribution is 2.14. The van der Waals surface area contributed by atoms with E-state index in [1.54, 1.807) is 11.3 Å². The minimum atomic E-state index is 0.664. The quantitative estimate of drug-likeness (QED) is 0.720. The Labute approximate surface area is 95.3 Å². The summed E-state index contributed by atoms with van der Waals surface area (Å²) < 4.78 is 0. The monoisotopic (exact) mass is 229 g/mol. The van der Waals surface area contributed by atoms with E-state index >= 15 is 0 Å². The van der Waals surface area contributed by atoms with E-state index in [4.69, 9.17) is 0 Å². The predicted octanol–water partition coefficient (Wildman–Crippen LogP) is 3.37. The van der Waals surface area contributed by atoms with Crippen molar-refractivity contribution in [2.24, 2.45) is 0 Å². The zero-order valence-corrected chi connectivity index (χ0v) is 10.6. The van der Waals surface area contributed by atoms with Gasteiger partial charge in [0.1, 0.15) is 0 Å². The molecule has 1 unspecified atom stereocenters. The molecule has 80 valence electrons. The Hall–Kier alpha value is 0.01000. The van der Waals surface area contributed by atoms with Gasteiger partial charge in [-0.2, -0.15) is 23.1 Å². The van der Waals surface area contributed by atoms with Crippen LogP contribution in [0.15, 0.2) is 16.8 Å². The summed E-state index contributed by atoms with van der Waals surface area (Å²) in [4.78, 5) is 0. The van der Waals surface area contributed by atoms with Crippen LogP contribution in [0.25, 0.3) is 0 Å². The van der Waals surface area contributed by atoms with Gasteiger partial charge in [0.25, 0.3) is 0 Å². The SMILES string of the molecule is CCC(C)NCCSCc1ccsc1. The maximum absolute atomic E-state index is 3.49. The van der Waals surface area contributed by atoms with Crippen LogP contribution in [0.5, 0.6) is 0 Å². The Balaban J connectivity index is 1.95. The van der Waals surface area contributed by atoms with E-state index in [-0.39, 0.29) is 0 Å². The molecule has 3 heteroatoms. The Morgan fingerprint density at radius 2 is 2.43 bits per heavy atom. The van der Waals surface area contributed by atoms with Crippen molar-refractivity contribution >= 4 is 23.1 Å². The van der Waals surface area contributed by atoms with Crippen molar-refractivity contribution in [3.8, 4) is 0 Å². The normalized spacial score (nSPS) is 13.0. The summed E-state index contributed by atoms with van der Waals surface area (Å²) in [6, 6.07) is 2.87. The molecule has 1 aromatic heterocycles. The van der Waals surface area contributed by atoms with Crippen molar-refractivity contribution in [3.63, 3.8) is 0 Å². The van der Waals surface area contributed by atoms with E-state index in [2.05, 4.69) is 36.0 Å². The molecule has 14 heavy (non-hydrogen) atoms. The third-order valence-corrected chi connectivity index (χ3v) is 3.96. The Morgan fingerprint density at radius 1 is 1.57 bits per heavy atom. The molecular formula is C11H19NS2. The largest absolute Gasteiger partial charge is 0.313 e. The van der Waals surface area contributed by atoms with E-state index in [9.17, 15) is 0 Å². The summed E-state index contributed by atoms with van der Waals surface area (Å²) in [5.74, 6) is 2.37. The van der Waals surface area contributed by atoms with Gasteiger partial charge in [0.15, 0.2) is 0 Å². The molecule has 1 heterocycles. The van der Waals surface area contributed by atoms with Crippen LogP contribution in [0.2, 0.25) is 0 Å². The number of nitrogens with one attached hydrogen (secondary N) is 1. The molecule has 0 spiro atoms. The lowest BCUT2D eigenvalue weighted by Gasteiger charge is -2.10. The Bertz CT molecular complexity index is 221. The topological polar surface area (TPSA) is 12.0 Å². The summed E-state index contributed by atoms with van der Waals surface area (Å²) >= 11 is 3.79. The van der Waals surface area contributed by atoms with Gasteiger partial charge in [-0.05, 0) is 35.7 Å². The number of thiophene rings is 1. The minimum absolute atomic E-state index is 0.664. The van der Waals surface area contributed by atoms with Crippen LogP contribution in [0, 0.1) is 0 Å². The highest BCUT2D eigenvalue weighted by atomic mass is 32.2. The van der Waals surface area contributed by atoms with Crippen molar-refractivity contribution in [3.05, 3.63) is 22.4 Å². The van der Waals surface area contributed by atoms with Crippen molar-refractivity contribution in [2.45, 2.75) is 32.1 Å². The minimum Gasteiger partial charge on any atom is -0.313 e. The van der Waals surface area contributed by atoms with Gasteiger partial charge in [-0.25, -0.2) is 0 Å². The summed E-state index contributed by atoms with van der Waals surface area (Å²) in [6.45, 7) is 5.59. The van der Waals surface area contributed by atoms with Gasteiger partial charge in [0, 0.05) is 24.1 Å². The average Bonchev–Trinajstić information content (AvgIpc) is 2.69. The number of hydrogen-bond acceptors (Lipinski definition) is 3. The average molecular weight is 229 g/mol. The molecule has 0 aliphatic rings. The number of rotatable bonds is 7. The Morgan fingerprint density at radius 3 is 3.07 bits per heavy atom. The highest BCUT2D eigenvalue weighted by molar-refractivity contribution is 7.98. The summed E-state index contributed by atoms with van der Waals surface area (Å²) in [5.41, 5.74) is 1.46. The first-order valence-electron chi connectivity index (χ1n) is 5.15. The lowest BCUT2D eigenvalue weighted by atomic mass is 10.3. The maximum Gasteiger partial charge on any atom is 0.0193 e. The third-order valence-electron chi connectivity index (χ3n) is 2.20. The first kappa shape index (κ1) is 12.1. The molecule has 0 aromatic carbocycles. The zero-order chi connectivity index (χ0) is 10.2. The molecule has 0 aliphatic carbocycles. The molecule has 0 saturated carbocycles. The third kappa shape index (κ3) is 5.03. The van der Waals surface area contributed by atoms with Crippen LogP contribution in [0.1, 0.15) is 25.8 Å². The van der Waals surface area contributed by atoms with Crippen molar-refractivity contribution in [1.82, 2.24) is 5.32 Å². The van der Waals surface area contributed by atoms with Crippen LogP contribution in [-0.2, 0) is 5.75 Å². The molecular weight excluding hydrogens is 210 g/mol. The fraction of sp³-hybridized carbons (Fsp3) is 0.636.